The highest BCUT2D eigenvalue weighted by atomic mass is 16.5. The smallest absolute Gasteiger partial charge is 0.227 e. The summed E-state index contributed by atoms with van der Waals surface area (Å²) in [5, 5.41) is 4.16. The Kier molecular flexibility index (Phi) is 7.48. The van der Waals surface area contributed by atoms with E-state index in [0.29, 0.717) is 24.6 Å². The molecule has 1 aliphatic carbocycles. The van der Waals surface area contributed by atoms with Crippen molar-refractivity contribution in [2.24, 2.45) is 5.92 Å². The van der Waals surface area contributed by atoms with E-state index in [1.165, 1.54) is 50.6 Å². The molecule has 2 aromatic rings. The van der Waals surface area contributed by atoms with Crippen LogP contribution in [-0.2, 0) is 11.2 Å². The summed E-state index contributed by atoms with van der Waals surface area (Å²) in [5.74, 6) is 2.16. The normalized spacial score (nSPS) is 21.2. The van der Waals surface area contributed by atoms with Crippen LogP contribution in [0.1, 0.15) is 64.2 Å². The molecule has 0 bridgehead atoms. The fourth-order valence-electron chi connectivity index (χ4n) is 5.72. The van der Waals surface area contributed by atoms with Crippen LogP contribution in [0.5, 0.6) is 0 Å². The number of piperazine rings is 1. The van der Waals surface area contributed by atoms with Gasteiger partial charge < -0.3 is 14.3 Å². The molecule has 7 heteroatoms. The second-order valence-corrected chi connectivity index (χ2v) is 10.4. The molecule has 1 aromatic carbocycles. The van der Waals surface area contributed by atoms with Crippen LogP contribution >= 0.6 is 0 Å². The second-order valence-electron chi connectivity index (χ2n) is 10.4. The van der Waals surface area contributed by atoms with Crippen molar-refractivity contribution in [3.63, 3.8) is 0 Å². The van der Waals surface area contributed by atoms with Gasteiger partial charge in [-0.2, -0.15) is 4.98 Å². The van der Waals surface area contributed by atoms with Crippen molar-refractivity contribution < 1.29 is 9.32 Å². The SMILES string of the molecule is CC1CCN(c2ccc(-c3noc(CCC(=O)N4CCN(C5CCCCC5)CC4)n3)cc2)CC1. The molecule has 5 rings (SSSR count). The number of benzene rings is 1. The maximum absolute atomic E-state index is 12.8. The molecule has 1 aromatic heterocycles. The molecule has 0 radical (unpaired) electrons. The van der Waals surface area contributed by atoms with Crippen molar-refractivity contribution >= 4 is 11.6 Å². The van der Waals surface area contributed by atoms with Crippen molar-refractivity contribution in [3.8, 4) is 11.4 Å². The Morgan fingerprint density at radius 2 is 1.65 bits per heavy atom. The number of aromatic nitrogens is 2. The van der Waals surface area contributed by atoms with Crippen molar-refractivity contribution in [3.05, 3.63) is 30.2 Å². The third-order valence-corrected chi connectivity index (χ3v) is 8.05. The Bertz CT molecular complexity index is 921. The number of carbonyl (C=O) groups is 1. The van der Waals surface area contributed by atoms with Gasteiger partial charge in [-0.1, -0.05) is 31.3 Å². The lowest BCUT2D eigenvalue weighted by molar-refractivity contribution is -0.133. The van der Waals surface area contributed by atoms with Crippen molar-refractivity contribution in [2.45, 2.75) is 70.8 Å². The molecule has 3 heterocycles. The Morgan fingerprint density at radius 3 is 2.35 bits per heavy atom. The third-order valence-electron chi connectivity index (χ3n) is 8.05. The third kappa shape index (κ3) is 5.62. The molecule has 34 heavy (non-hydrogen) atoms. The number of hydrogen-bond acceptors (Lipinski definition) is 6. The van der Waals surface area contributed by atoms with E-state index in [1.807, 2.05) is 4.90 Å². The first-order valence-corrected chi connectivity index (χ1v) is 13.4. The minimum absolute atomic E-state index is 0.197. The molecular formula is C27H39N5O2. The van der Waals surface area contributed by atoms with Crippen LogP contribution < -0.4 is 4.90 Å². The van der Waals surface area contributed by atoms with Crippen molar-refractivity contribution in [2.75, 3.05) is 44.2 Å². The van der Waals surface area contributed by atoms with E-state index in [2.05, 4.69) is 51.1 Å². The highest BCUT2D eigenvalue weighted by Gasteiger charge is 2.27. The summed E-state index contributed by atoms with van der Waals surface area (Å²) in [4.78, 5) is 24.4. The monoisotopic (exact) mass is 465 g/mol. The van der Waals surface area contributed by atoms with Crippen LogP contribution in [0.2, 0.25) is 0 Å². The van der Waals surface area contributed by atoms with Crippen LogP contribution in [-0.4, -0.2) is 71.2 Å². The molecule has 0 atom stereocenters. The molecule has 3 fully saturated rings. The number of hydrogen-bond donors (Lipinski definition) is 0. The number of nitrogens with zero attached hydrogens (tertiary/aromatic N) is 5. The number of rotatable bonds is 6. The molecule has 184 valence electrons. The van der Waals surface area contributed by atoms with Crippen molar-refractivity contribution in [1.82, 2.24) is 19.9 Å². The molecule has 2 aliphatic heterocycles. The van der Waals surface area contributed by atoms with Crippen molar-refractivity contribution in [1.29, 1.82) is 0 Å². The minimum atomic E-state index is 0.197. The molecule has 3 aliphatic rings. The van der Waals surface area contributed by atoms with Gasteiger partial charge in [-0.15, -0.1) is 0 Å². The molecule has 0 N–H and O–H groups in total. The first-order chi connectivity index (χ1) is 16.7. The summed E-state index contributed by atoms with van der Waals surface area (Å²) in [6, 6.07) is 9.17. The van der Waals surface area contributed by atoms with Gasteiger partial charge in [0.25, 0.3) is 0 Å². The van der Waals surface area contributed by atoms with Crippen LogP contribution in [0.25, 0.3) is 11.4 Å². The summed E-state index contributed by atoms with van der Waals surface area (Å²) < 4.78 is 5.46. The lowest BCUT2D eigenvalue weighted by atomic mass is 9.94. The fourth-order valence-corrected chi connectivity index (χ4v) is 5.72. The summed E-state index contributed by atoms with van der Waals surface area (Å²) in [5.41, 5.74) is 2.21. The molecule has 1 amide bonds. The zero-order valence-corrected chi connectivity index (χ0v) is 20.6. The zero-order chi connectivity index (χ0) is 23.3. The molecule has 7 nitrogen and oxygen atoms in total. The highest BCUT2D eigenvalue weighted by Crippen LogP contribution is 2.26. The first kappa shape index (κ1) is 23.3. The Balaban J connectivity index is 1.08. The summed E-state index contributed by atoms with van der Waals surface area (Å²) in [6.07, 6.45) is 10.2. The number of carbonyl (C=O) groups excluding carboxylic acids is 1. The number of piperidine rings is 1. The maximum atomic E-state index is 12.8. The van der Waals surface area contributed by atoms with Gasteiger partial charge in [0.1, 0.15) is 0 Å². The molecule has 2 saturated heterocycles. The Morgan fingerprint density at radius 1 is 0.941 bits per heavy atom. The van der Waals surface area contributed by atoms with E-state index in [9.17, 15) is 4.79 Å². The predicted molar refractivity (Wildman–Crippen MR) is 134 cm³/mol. The van der Waals surface area contributed by atoms with Gasteiger partial charge in [-0.25, -0.2) is 0 Å². The number of aryl methyl sites for hydroxylation is 1. The number of amides is 1. The van der Waals surface area contributed by atoms with E-state index in [-0.39, 0.29) is 5.91 Å². The van der Waals surface area contributed by atoms with E-state index < -0.39 is 0 Å². The zero-order valence-electron chi connectivity index (χ0n) is 20.6. The minimum Gasteiger partial charge on any atom is -0.372 e. The quantitative estimate of drug-likeness (QED) is 0.631. The van der Waals surface area contributed by atoms with Crippen LogP contribution in [0.15, 0.2) is 28.8 Å². The lowest BCUT2D eigenvalue weighted by Crippen LogP contribution is -2.52. The Labute approximate surface area is 203 Å². The molecular weight excluding hydrogens is 426 g/mol. The van der Waals surface area contributed by atoms with E-state index in [1.54, 1.807) is 0 Å². The largest absolute Gasteiger partial charge is 0.372 e. The van der Waals surface area contributed by atoms with Gasteiger partial charge >= 0.3 is 0 Å². The average Bonchev–Trinajstić information content (AvgIpc) is 3.38. The van der Waals surface area contributed by atoms with Crippen LogP contribution in [0.4, 0.5) is 5.69 Å². The van der Waals surface area contributed by atoms with E-state index >= 15 is 0 Å². The lowest BCUT2D eigenvalue weighted by Gasteiger charge is -2.40. The topological polar surface area (TPSA) is 65.7 Å². The van der Waals surface area contributed by atoms with Crippen LogP contribution in [0, 0.1) is 5.92 Å². The van der Waals surface area contributed by atoms with Crippen LogP contribution in [0.3, 0.4) is 0 Å². The summed E-state index contributed by atoms with van der Waals surface area (Å²) >= 11 is 0. The predicted octanol–water partition coefficient (Wildman–Crippen LogP) is 4.38. The van der Waals surface area contributed by atoms with Gasteiger partial charge in [0, 0.05) is 69.4 Å². The summed E-state index contributed by atoms with van der Waals surface area (Å²) in [6.45, 7) is 8.27. The van der Waals surface area contributed by atoms with Gasteiger partial charge in [0.05, 0.1) is 0 Å². The fraction of sp³-hybridized carbons (Fsp3) is 0.667. The average molecular weight is 466 g/mol. The summed E-state index contributed by atoms with van der Waals surface area (Å²) in [7, 11) is 0. The second kappa shape index (κ2) is 10.9. The van der Waals surface area contributed by atoms with Gasteiger partial charge in [-0.3, -0.25) is 9.69 Å². The molecule has 0 spiro atoms. The molecule has 1 saturated carbocycles. The number of anilines is 1. The Hall–Kier alpha value is -2.41. The van der Waals surface area contributed by atoms with Gasteiger partial charge in [-0.05, 0) is 55.9 Å². The molecule has 0 unspecified atom stereocenters. The maximum Gasteiger partial charge on any atom is 0.227 e. The van der Waals surface area contributed by atoms with E-state index in [4.69, 9.17) is 4.52 Å². The van der Waals surface area contributed by atoms with Gasteiger partial charge in [0.2, 0.25) is 17.6 Å². The highest BCUT2D eigenvalue weighted by molar-refractivity contribution is 5.76. The first-order valence-electron chi connectivity index (χ1n) is 13.4. The van der Waals surface area contributed by atoms with E-state index in [0.717, 1.165) is 56.8 Å². The standard InChI is InChI=1S/C27H39N5O2/c1-21-13-15-30(16-14-21)24-9-7-22(8-10-24)27-28-25(34-29-27)11-12-26(33)32-19-17-31(18-20-32)23-5-3-2-4-6-23/h7-10,21,23H,2-6,11-20H2,1H3. The van der Waals surface area contributed by atoms with Gasteiger partial charge in [0.15, 0.2) is 0 Å².